The molecule has 0 unspecified atom stereocenters. The molecule has 106 valence electrons. The molecule has 6 heteroatoms. The molecule has 0 bridgehead atoms. The lowest BCUT2D eigenvalue weighted by Crippen LogP contribution is -2.13. The molecule has 0 aliphatic carbocycles. The molecule has 0 amide bonds. The van der Waals surface area contributed by atoms with E-state index in [0.717, 1.165) is 11.3 Å². The van der Waals surface area contributed by atoms with E-state index in [0.29, 0.717) is 17.3 Å². The smallest absolute Gasteiger partial charge is 0.199 e. The number of hydrogen-bond donors (Lipinski definition) is 2. The second kappa shape index (κ2) is 5.72. The summed E-state index contributed by atoms with van der Waals surface area (Å²) in [4.78, 5) is 8.63. The third-order valence-electron chi connectivity index (χ3n) is 3.14. The molecule has 0 spiro atoms. The van der Waals surface area contributed by atoms with Gasteiger partial charge in [-0.25, -0.2) is 4.98 Å². The molecule has 2 aromatic heterocycles. The maximum absolute atomic E-state index is 6.22. The van der Waals surface area contributed by atoms with Gasteiger partial charge in [0.15, 0.2) is 5.82 Å². The van der Waals surface area contributed by atoms with E-state index < -0.39 is 6.04 Å². The fourth-order valence-corrected chi connectivity index (χ4v) is 2.02. The molecular formula is C15H15N5O. The molecule has 2 heterocycles. The summed E-state index contributed by atoms with van der Waals surface area (Å²) < 4.78 is 5.20. The van der Waals surface area contributed by atoms with Crippen LogP contribution in [0, 0.1) is 0 Å². The number of methoxy groups -OCH3 is 1. The van der Waals surface area contributed by atoms with Crippen LogP contribution in [0.4, 0.5) is 0 Å². The molecule has 0 aliphatic rings. The maximum Gasteiger partial charge on any atom is 0.199 e. The number of hydrogen-bond acceptors (Lipinski definition) is 5. The van der Waals surface area contributed by atoms with Gasteiger partial charge in [-0.05, 0) is 29.8 Å². The van der Waals surface area contributed by atoms with E-state index >= 15 is 0 Å². The third kappa shape index (κ3) is 2.75. The highest BCUT2D eigenvalue weighted by Crippen LogP contribution is 2.22. The zero-order valence-corrected chi connectivity index (χ0v) is 11.5. The van der Waals surface area contributed by atoms with Gasteiger partial charge in [0.05, 0.1) is 13.2 Å². The van der Waals surface area contributed by atoms with Gasteiger partial charge in [-0.2, -0.15) is 5.10 Å². The fourth-order valence-electron chi connectivity index (χ4n) is 2.02. The standard InChI is InChI=1S/C15H15N5O/c1-21-11-6-4-5-10(9-11)13(16)15-18-14(19-20-15)12-7-2-3-8-17-12/h2-9,13H,16H2,1H3,(H,18,19,20)/t13-/m1/s1. The molecule has 1 atom stereocenters. The number of nitrogens with two attached hydrogens (primary N) is 1. The Morgan fingerprint density at radius 1 is 1.19 bits per heavy atom. The molecule has 0 fully saturated rings. The van der Waals surface area contributed by atoms with Crippen LogP contribution in [0.5, 0.6) is 5.75 Å². The number of ether oxygens (including phenoxy) is 1. The highest BCUT2D eigenvalue weighted by atomic mass is 16.5. The van der Waals surface area contributed by atoms with Crippen molar-refractivity contribution >= 4 is 0 Å². The van der Waals surface area contributed by atoms with E-state index in [2.05, 4.69) is 20.2 Å². The minimum absolute atomic E-state index is 0.398. The van der Waals surface area contributed by atoms with Gasteiger partial charge in [0.1, 0.15) is 17.3 Å². The van der Waals surface area contributed by atoms with Crippen molar-refractivity contribution in [3.63, 3.8) is 0 Å². The number of nitrogens with zero attached hydrogens (tertiary/aromatic N) is 3. The summed E-state index contributed by atoms with van der Waals surface area (Å²) in [5.74, 6) is 1.88. The lowest BCUT2D eigenvalue weighted by Gasteiger charge is -2.09. The van der Waals surface area contributed by atoms with Crippen molar-refractivity contribution in [1.82, 2.24) is 20.2 Å². The first kappa shape index (κ1) is 13.3. The predicted octanol–water partition coefficient (Wildman–Crippen LogP) is 1.92. The number of aromatic nitrogens is 4. The van der Waals surface area contributed by atoms with Crippen LogP contribution in [-0.2, 0) is 0 Å². The first-order valence-electron chi connectivity index (χ1n) is 6.51. The Balaban J connectivity index is 1.88. The largest absolute Gasteiger partial charge is 0.497 e. The number of benzene rings is 1. The topological polar surface area (TPSA) is 89.7 Å². The summed E-state index contributed by atoms with van der Waals surface area (Å²) >= 11 is 0. The molecule has 21 heavy (non-hydrogen) atoms. The van der Waals surface area contributed by atoms with Gasteiger partial charge in [0, 0.05) is 6.20 Å². The summed E-state index contributed by atoms with van der Waals surface area (Å²) in [6.07, 6.45) is 1.70. The second-order valence-electron chi connectivity index (χ2n) is 4.51. The van der Waals surface area contributed by atoms with E-state index in [1.807, 2.05) is 42.5 Å². The highest BCUT2D eigenvalue weighted by Gasteiger charge is 2.15. The molecule has 0 radical (unpaired) electrons. The van der Waals surface area contributed by atoms with Crippen molar-refractivity contribution in [2.24, 2.45) is 5.73 Å². The zero-order valence-electron chi connectivity index (χ0n) is 11.5. The van der Waals surface area contributed by atoms with E-state index in [-0.39, 0.29) is 0 Å². The Morgan fingerprint density at radius 3 is 2.86 bits per heavy atom. The average Bonchev–Trinajstić information content (AvgIpc) is 3.05. The first-order valence-corrected chi connectivity index (χ1v) is 6.51. The summed E-state index contributed by atoms with van der Waals surface area (Å²) in [5.41, 5.74) is 7.83. The van der Waals surface area contributed by atoms with E-state index in [9.17, 15) is 0 Å². The van der Waals surface area contributed by atoms with Crippen molar-refractivity contribution in [3.8, 4) is 17.3 Å². The van der Waals surface area contributed by atoms with E-state index in [4.69, 9.17) is 10.5 Å². The van der Waals surface area contributed by atoms with Crippen LogP contribution in [0.25, 0.3) is 11.5 Å². The zero-order chi connectivity index (χ0) is 14.7. The van der Waals surface area contributed by atoms with Crippen LogP contribution in [0.2, 0.25) is 0 Å². The molecule has 3 rings (SSSR count). The Bertz CT molecular complexity index is 726. The number of pyridine rings is 1. The highest BCUT2D eigenvalue weighted by molar-refractivity contribution is 5.48. The minimum atomic E-state index is -0.398. The second-order valence-corrected chi connectivity index (χ2v) is 4.51. The van der Waals surface area contributed by atoms with Crippen LogP contribution in [0.1, 0.15) is 17.4 Å². The summed E-state index contributed by atoms with van der Waals surface area (Å²) in [6, 6.07) is 12.8. The summed E-state index contributed by atoms with van der Waals surface area (Å²) in [5, 5.41) is 7.04. The van der Waals surface area contributed by atoms with Crippen molar-refractivity contribution in [3.05, 3.63) is 60.0 Å². The van der Waals surface area contributed by atoms with Gasteiger partial charge >= 0.3 is 0 Å². The van der Waals surface area contributed by atoms with Crippen LogP contribution in [0.15, 0.2) is 48.7 Å². The quantitative estimate of drug-likeness (QED) is 0.762. The molecule has 3 N–H and O–H groups in total. The summed E-state index contributed by atoms with van der Waals surface area (Å²) in [7, 11) is 1.62. The van der Waals surface area contributed by atoms with Crippen molar-refractivity contribution in [1.29, 1.82) is 0 Å². The Morgan fingerprint density at radius 2 is 2.10 bits per heavy atom. The van der Waals surface area contributed by atoms with Gasteiger partial charge in [0.2, 0.25) is 0 Å². The first-order chi connectivity index (χ1) is 10.3. The molecular weight excluding hydrogens is 266 g/mol. The molecule has 0 aliphatic heterocycles. The van der Waals surface area contributed by atoms with Crippen molar-refractivity contribution in [2.75, 3.05) is 7.11 Å². The molecule has 3 aromatic rings. The molecule has 0 saturated carbocycles. The van der Waals surface area contributed by atoms with Crippen LogP contribution < -0.4 is 10.5 Å². The number of H-pyrrole nitrogens is 1. The van der Waals surface area contributed by atoms with Gasteiger partial charge in [-0.15, -0.1) is 0 Å². The third-order valence-corrected chi connectivity index (χ3v) is 3.14. The van der Waals surface area contributed by atoms with Crippen molar-refractivity contribution < 1.29 is 4.74 Å². The van der Waals surface area contributed by atoms with Crippen LogP contribution in [-0.4, -0.2) is 27.3 Å². The predicted molar refractivity (Wildman–Crippen MR) is 78.6 cm³/mol. The van der Waals surface area contributed by atoms with Gasteiger partial charge < -0.3 is 10.5 Å². The van der Waals surface area contributed by atoms with E-state index in [1.54, 1.807) is 13.3 Å². The Labute approximate surface area is 122 Å². The normalized spacial score (nSPS) is 12.1. The van der Waals surface area contributed by atoms with Gasteiger partial charge in [-0.3, -0.25) is 10.1 Å². The molecule has 0 saturated heterocycles. The van der Waals surface area contributed by atoms with E-state index in [1.165, 1.54) is 0 Å². The molecule has 1 aromatic carbocycles. The Hall–Kier alpha value is -2.73. The monoisotopic (exact) mass is 281 g/mol. The number of nitrogens with one attached hydrogen (secondary N) is 1. The number of aromatic amines is 1. The van der Waals surface area contributed by atoms with Crippen LogP contribution >= 0.6 is 0 Å². The molecule has 6 nitrogen and oxygen atoms in total. The van der Waals surface area contributed by atoms with Crippen LogP contribution in [0.3, 0.4) is 0 Å². The lowest BCUT2D eigenvalue weighted by molar-refractivity contribution is 0.414. The SMILES string of the molecule is COc1cccc([C@@H](N)c2nc(-c3ccccn3)n[nH]2)c1. The maximum atomic E-state index is 6.22. The Kier molecular flexibility index (Phi) is 3.61. The number of rotatable bonds is 4. The van der Waals surface area contributed by atoms with Gasteiger partial charge in [0.25, 0.3) is 0 Å². The lowest BCUT2D eigenvalue weighted by atomic mass is 10.1. The van der Waals surface area contributed by atoms with Gasteiger partial charge in [-0.1, -0.05) is 18.2 Å². The van der Waals surface area contributed by atoms with Crippen molar-refractivity contribution in [2.45, 2.75) is 6.04 Å². The fraction of sp³-hybridized carbons (Fsp3) is 0.133. The minimum Gasteiger partial charge on any atom is -0.497 e. The average molecular weight is 281 g/mol. The summed E-state index contributed by atoms with van der Waals surface area (Å²) in [6.45, 7) is 0.